The van der Waals surface area contributed by atoms with E-state index in [9.17, 15) is 0 Å². The molecular weight excluding hydrogens is 194 g/mol. The molecule has 0 spiro atoms. The second kappa shape index (κ2) is 4.75. The van der Waals surface area contributed by atoms with Crippen molar-refractivity contribution in [2.24, 2.45) is 5.92 Å². The van der Waals surface area contributed by atoms with Crippen LogP contribution in [-0.4, -0.2) is 28.8 Å². The fourth-order valence-corrected chi connectivity index (χ4v) is 2.56. The van der Waals surface area contributed by atoms with Gasteiger partial charge in [0.2, 0.25) is 0 Å². The highest BCUT2D eigenvalue weighted by molar-refractivity contribution is 7.99. The van der Waals surface area contributed by atoms with Crippen LogP contribution in [0.4, 0.5) is 0 Å². The van der Waals surface area contributed by atoms with E-state index in [1.54, 1.807) is 11.8 Å². The molecule has 0 radical (unpaired) electrons. The van der Waals surface area contributed by atoms with Crippen molar-refractivity contribution < 1.29 is 0 Å². The molecule has 0 aromatic carbocycles. The van der Waals surface area contributed by atoms with Crippen LogP contribution in [-0.2, 0) is 0 Å². The van der Waals surface area contributed by atoms with Crippen LogP contribution in [0.5, 0.6) is 0 Å². The number of aryl methyl sites for hydroxylation is 1. The monoisotopic (exact) mass is 209 g/mol. The Labute approximate surface area is 88.7 Å². The van der Waals surface area contributed by atoms with Crippen molar-refractivity contribution in [3.05, 3.63) is 18.0 Å². The molecule has 76 valence electrons. The summed E-state index contributed by atoms with van der Waals surface area (Å²) >= 11 is 1.77. The molecule has 1 atom stereocenters. The molecule has 4 heteroatoms. The Morgan fingerprint density at radius 1 is 1.64 bits per heavy atom. The summed E-state index contributed by atoms with van der Waals surface area (Å²) in [7, 11) is 0. The predicted molar refractivity (Wildman–Crippen MR) is 58.5 cm³/mol. The molecule has 1 aliphatic heterocycles. The number of aromatic nitrogens is 2. The van der Waals surface area contributed by atoms with Crippen molar-refractivity contribution in [2.75, 3.05) is 18.8 Å². The number of rotatable bonds is 3. The number of hydrogen-bond donors (Lipinski definition) is 1. The molecule has 1 aromatic rings. The van der Waals surface area contributed by atoms with Crippen LogP contribution in [0, 0.1) is 12.8 Å². The summed E-state index contributed by atoms with van der Waals surface area (Å²) < 4.78 is 0. The van der Waals surface area contributed by atoms with Crippen LogP contribution in [0.3, 0.4) is 0 Å². The molecular formula is C10H15N3S. The molecule has 2 heterocycles. The Bertz CT molecular complexity index is 297. The molecule has 1 aromatic heterocycles. The minimum Gasteiger partial charge on any atom is -0.316 e. The van der Waals surface area contributed by atoms with Gasteiger partial charge in [-0.1, -0.05) is 11.8 Å². The Morgan fingerprint density at radius 2 is 2.57 bits per heavy atom. The van der Waals surface area contributed by atoms with Gasteiger partial charge in [0.25, 0.3) is 0 Å². The molecule has 1 unspecified atom stereocenters. The summed E-state index contributed by atoms with van der Waals surface area (Å²) in [4.78, 5) is 8.60. The van der Waals surface area contributed by atoms with Crippen LogP contribution in [0.1, 0.15) is 12.1 Å². The summed E-state index contributed by atoms with van der Waals surface area (Å²) in [6.07, 6.45) is 3.12. The van der Waals surface area contributed by atoms with E-state index >= 15 is 0 Å². The van der Waals surface area contributed by atoms with Gasteiger partial charge in [-0.05, 0) is 38.4 Å². The largest absolute Gasteiger partial charge is 0.316 e. The van der Waals surface area contributed by atoms with E-state index < -0.39 is 0 Å². The van der Waals surface area contributed by atoms with Crippen LogP contribution in [0.15, 0.2) is 17.4 Å². The van der Waals surface area contributed by atoms with Gasteiger partial charge in [0.15, 0.2) is 5.16 Å². The lowest BCUT2D eigenvalue weighted by Gasteiger charge is -2.06. The highest BCUT2D eigenvalue weighted by Gasteiger charge is 2.14. The van der Waals surface area contributed by atoms with Crippen molar-refractivity contribution in [1.82, 2.24) is 15.3 Å². The average molecular weight is 209 g/mol. The Hall–Kier alpha value is -0.610. The van der Waals surface area contributed by atoms with Gasteiger partial charge in [-0.3, -0.25) is 0 Å². The molecule has 0 saturated carbocycles. The van der Waals surface area contributed by atoms with Gasteiger partial charge >= 0.3 is 0 Å². The van der Waals surface area contributed by atoms with E-state index in [2.05, 4.69) is 15.3 Å². The van der Waals surface area contributed by atoms with E-state index in [0.29, 0.717) is 0 Å². The van der Waals surface area contributed by atoms with E-state index in [1.165, 1.54) is 13.0 Å². The number of nitrogens with zero attached hydrogens (tertiary/aromatic N) is 2. The highest BCUT2D eigenvalue weighted by atomic mass is 32.2. The third kappa shape index (κ3) is 2.69. The maximum absolute atomic E-state index is 4.37. The summed E-state index contributed by atoms with van der Waals surface area (Å²) in [5, 5.41) is 4.28. The summed E-state index contributed by atoms with van der Waals surface area (Å²) in [5.41, 5.74) is 1.05. The molecule has 0 bridgehead atoms. The topological polar surface area (TPSA) is 37.8 Å². The van der Waals surface area contributed by atoms with Gasteiger partial charge in [-0.15, -0.1) is 0 Å². The SMILES string of the molecule is Cc1ccnc(SCC2CCNC2)n1. The van der Waals surface area contributed by atoms with Crippen molar-refractivity contribution in [2.45, 2.75) is 18.5 Å². The molecule has 0 aliphatic carbocycles. The Kier molecular flexibility index (Phi) is 3.37. The number of nitrogens with one attached hydrogen (secondary N) is 1. The third-order valence-electron chi connectivity index (χ3n) is 2.38. The molecule has 1 N–H and O–H groups in total. The molecule has 0 amide bonds. The van der Waals surface area contributed by atoms with Gasteiger partial charge in [-0.25, -0.2) is 9.97 Å². The molecule has 2 rings (SSSR count). The van der Waals surface area contributed by atoms with Crippen LogP contribution < -0.4 is 5.32 Å². The van der Waals surface area contributed by atoms with Crippen LogP contribution in [0.2, 0.25) is 0 Å². The molecule has 3 nitrogen and oxygen atoms in total. The number of hydrogen-bond acceptors (Lipinski definition) is 4. The summed E-state index contributed by atoms with van der Waals surface area (Å²) in [6, 6.07) is 1.93. The Balaban J connectivity index is 1.85. The summed E-state index contributed by atoms with van der Waals surface area (Å²) in [6.45, 7) is 4.32. The van der Waals surface area contributed by atoms with E-state index in [1.807, 2.05) is 19.2 Å². The third-order valence-corrected chi connectivity index (χ3v) is 3.48. The standard InChI is InChI=1S/C10H15N3S/c1-8-2-5-12-10(13-8)14-7-9-3-4-11-6-9/h2,5,9,11H,3-4,6-7H2,1H3. The molecule has 1 fully saturated rings. The minimum absolute atomic E-state index is 0.795. The van der Waals surface area contributed by atoms with E-state index in [4.69, 9.17) is 0 Å². The lowest BCUT2D eigenvalue weighted by Crippen LogP contribution is -2.10. The normalized spacial score (nSPS) is 21.4. The van der Waals surface area contributed by atoms with Crippen molar-refractivity contribution in [1.29, 1.82) is 0 Å². The molecule has 1 aliphatic rings. The first-order valence-corrected chi connectivity index (χ1v) is 5.96. The second-order valence-corrected chi connectivity index (χ2v) is 4.64. The fraction of sp³-hybridized carbons (Fsp3) is 0.600. The van der Waals surface area contributed by atoms with Crippen molar-refractivity contribution in [3.8, 4) is 0 Å². The van der Waals surface area contributed by atoms with E-state index in [0.717, 1.165) is 29.1 Å². The van der Waals surface area contributed by atoms with Gasteiger partial charge in [0.1, 0.15) is 0 Å². The first-order valence-electron chi connectivity index (χ1n) is 4.98. The van der Waals surface area contributed by atoms with Crippen molar-refractivity contribution in [3.63, 3.8) is 0 Å². The lowest BCUT2D eigenvalue weighted by molar-refractivity contribution is 0.661. The first kappa shape index (κ1) is 9.93. The average Bonchev–Trinajstić information content (AvgIpc) is 2.67. The maximum Gasteiger partial charge on any atom is 0.187 e. The fourth-order valence-electron chi connectivity index (χ4n) is 1.54. The minimum atomic E-state index is 0.795. The van der Waals surface area contributed by atoms with Gasteiger partial charge in [0.05, 0.1) is 0 Å². The highest BCUT2D eigenvalue weighted by Crippen LogP contribution is 2.19. The maximum atomic E-state index is 4.37. The van der Waals surface area contributed by atoms with Gasteiger partial charge < -0.3 is 5.32 Å². The van der Waals surface area contributed by atoms with Crippen molar-refractivity contribution >= 4 is 11.8 Å². The second-order valence-electron chi connectivity index (χ2n) is 3.65. The van der Waals surface area contributed by atoms with E-state index in [-0.39, 0.29) is 0 Å². The molecule has 14 heavy (non-hydrogen) atoms. The number of thioether (sulfide) groups is 1. The smallest absolute Gasteiger partial charge is 0.187 e. The van der Waals surface area contributed by atoms with Crippen LogP contribution >= 0.6 is 11.8 Å². The predicted octanol–water partition coefficient (Wildman–Crippen LogP) is 1.49. The first-order chi connectivity index (χ1) is 6.84. The zero-order valence-corrected chi connectivity index (χ0v) is 9.18. The zero-order chi connectivity index (χ0) is 9.80. The summed E-state index contributed by atoms with van der Waals surface area (Å²) in [5.74, 6) is 1.93. The van der Waals surface area contributed by atoms with Gasteiger partial charge in [-0.2, -0.15) is 0 Å². The van der Waals surface area contributed by atoms with Crippen LogP contribution in [0.25, 0.3) is 0 Å². The lowest BCUT2D eigenvalue weighted by atomic mass is 10.2. The van der Waals surface area contributed by atoms with Gasteiger partial charge in [0, 0.05) is 17.6 Å². The zero-order valence-electron chi connectivity index (χ0n) is 8.36. The molecule has 1 saturated heterocycles. The quantitative estimate of drug-likeness (QED) is 0.604. The Morgan fingerprint density at radius 3 is 3.29 bits per heavy atom.